The summed E-state index contributed by atoms with van der Waals surface area (Å²) in [6.07, 6.45) is -0.0722. The van der Waals surface area contributed by atoms with E-state index in [-0.39, 0.29) is 18.0 Å². The molecule has 2 amide bonds. The van der Waals surface area contributed by atoms with Crippen molar-refractivity contribution >= 4 is 35.3 Å². The molecule has 0 aromatic heterocycles. The third-order valence-electron chi connectivity index (χ3n) is 5.02. The van der Waals surface area contributed by atoms with E-state index >= 15 is 0 Å². The van der Waals surface area contributed by atoms with Crippen LogP contribution in [0.2, 0.25) is 0 Å². The van der Waals surface area contributed by atoms with Gasteiger partial charge in [-0.15, -0.1) is 11.8 Å². The van der Waals surface area contributed by atoms with Gasteiger partial charge in [-0.05, 0) is 24.8 Å². The van der Waals surface area contributed by atoms with E-state index in [1.54, 1.807) is 24.3 Å². The molecule has 1 aromatic carbocycles. The normalized spacial score (nSPS) is 24.6. The average molecular weight is 436 g/mol. The second-order valence-electron chi connectivity index (χ2n) is 7.19. The molecule has 0 spiro atoms. The standard InChI is InChI=1S/C20H24N2O7S/c23-13(14-8-4-5-9-29-14)11-30-19-16(17(25)22(19)18(26)20(27)28)21-15(24)10-12-6-2-1-3-7-12/h1-3,6-7,14,16,18-19,26H,4-5,8-11H2,(H,21,24)(H,27,28)/t14-,16-,18+,19-/m1/s1. The van der Waals surface area contributed by atoms with Crippen LogP contribution in [0.4, 0.5) is 0 Å². The van der Waals surface area contributed by atoms with Crippen LogP contribution in [0, 0.1) is 0 Å². The number of aliphatic carboxylic acids is 1. The summed E-state index contributed by atoms with van der Waals surface area (Å²) < 4.78 is 5.46. The zero-order valence-corrected chi connectivity index (χ0v) is 17.0. The van der Waals surface area contributed by atoms with Gasteiger partial charge >= 0.3 is 5.97 Å². The minimum atomic E-state index is -2.04. The Kier molecular flexibility index (Phi) is 7.46. The van der Waals surface area contributed by atoms with Gasteiger partial charge in [0.25, 0.3) is 5.91 Å². The van der Waals surface area contributed by atoms with Crippen LogP contribution in [0.3, 0.4) is 0 Å². The topological polar surface area (TPSA) is 133 Å². The number of aliphatic hydroxyl groups excluding tert-OH is 1. The molecule has 2 fully saturated rings. The van der Waals surface area contributed by atoms with Gasteiger partial charge in [-0.2, -0.15) is 0 Å². The fourth-order valence-corrected chi connectivity index (χ4v) is 4.71. The first-order valence-corrected chi connectivity index (χ1v) is 10.8. The average Bonchev–Trinajstić information content (AvgIpc) is 2.75. The highest BCUT2D eigenvalue weighted by molar-refractivity contribution is 8.00. The summed E-state index contributed by atoms with van der Waals surface area (Å²) in [6.45, 7) is 0.519. The van der Waals surface area contributed by atoms with Gasteiger partial charge in [-0.3, -0.25) is 19.3 Å². The molecule has 0 saturated carbocycles. The first kappa shape index (κ1) is 22.3. The molecule has 9 nitrogen and oxygen atoms in total. The molecule has 1 aromatic rings. The number of rotatable bonds is 9. The number of carboxylic acids is 1. The van der Waals surface area contributed by atoms with Crippen LogP contribution in [0.15, 0.2) is 30.3 Å². The van der Waals surface area contributed by atoms with Crippen molar-refractivity contribution in [2.75, 3.05) is 12.4 Å². The molecule has 3 rings (SSSR count). The van der Waals surface area contributed by atoms with Crippen molar-refractivity contribution in [2.45, 2.75) is 49.4 Å². The summed E-state index contributed by atoms with van der Waals surface area (Å²) >= 11 is 1.02. The van der Waals surface area contributed by atoms with Gasteiger partial charge in [-0.25, -0.2) is 4.79 Å². The maximum absolute atomic E-state index is 12.4. The Morgan fingerprint density at radius 1 is 1.23 bits per heavy atom. The number of thioether (sulfide) groups is 1. The first-order chi connectivity index (χ1) is 14.4. The highest BCUT2D eigenvalue weighted by atomic mass is 32.2. The third-order valence-corrected chi connectivity index (χ3v) is 6.32. The van der Waals surface area contributed by atoms with Gasteiger partial charge in [0.05, 0.1) is 12.2 Å². The van der Waals surface area contributed by atoms with Gasteiger partial charge in [0, 0.05) is 6.61 Å². The van der Waals surface area contributed by atoms with E-state index in [4.69, 9.17) is 9.84 Å². The number of carboxylic acid groups (broad SMARTS) is 1. The van der Waals surface area contributed by atoms with Crippen molar-refractivity contribution in [3.8, 4) is 0 Å². The van der Waals surface area contributed by atoms with E-state index in [9.17, 15) is 24.3 Å². The molecule has 2 saturated heterocycles. The number of carbonyl (C=O) groups excluding carboxylic acids is 3. The van der Waals surface area contributed by atoms with E-state index in [0.29, 0.717) is 13.0 Å². The van der Waals surface area contributed by atoms with E-state index in [1.807, 2.05) is 6.07 Å². The Labute approximate surface area is 177 Å². The molecule has 162 valence electrons. The van der Waals surface area contributed by atoms with E-state index in [2.05, 4.69) is 5.32 Å². The van der Waals surface area contributed by atoms with Gasteiger partial charge in [-0.1, -0.05) is 30.3 Å². The molecular weight excluding hydrogens is 412 g/mol. The van der Waals surface area contributed by atoms with Crippen LogP contribution >= 0.6 is 11.8 Å². The quantitative estimate of drug-likeness (QED) is 0.466. The number of ether oxygens (including phenoxy) is 1. The van der Waals surface area contributed by atoms with Crippen LogP contribution < -0.4 is 5.32 Å². The summed E-state index contributed by atoms with van der Waals surface area (Å²) in [5.41, 5.74) is 0.762. The van der Waals surface area contributed by atoms with E-state index in [0.717, 1.165) is 35.1 Å². The zero-order chi connectivity index (χ0) is 21.7. The van der Waals surface area contributed by atoms with Crippen LogP contribution in [0.5, 0.6) is 0 Å². The summed E-state index contributed by atoms with van der Waals surface area (Å²) in [5.74, 6) is -2.86. The largest absolute Gasteiger partial charge is 0.478 e. The summed E-state index contributed by atoms with van der Waals surface area (Å²) in [5, 5.41) is 20.7. The van der Waals surface area contributed by atoms with Crippen LogP contribution in [0.25, 0.3) is 0 Å². The number of nitrogens with zero attached hydrogens (tertiary/aromatic N) is 1. The molecule has 3 N–H and O–H groups in total. The van der Waals surface area contributed by atoms with Crippen molar-refractivity contribution in [2.24, 2.45) is 0 Å². The molecule has 30 heavy (non-hydrogen) atoms. The monoisotopic (exact) mass is 436 g/mol. The number of amides is 2. The van der Waals surface area contributed by atoms with Crippen LogP contribution in [-0.4, -0.2) is 74.8 Å². The van der Waals surface area contributed by atoms with Crippen molar-refractivity contribution in [3.63, 3.8) is 0 Å². The minimum Gasteiger partial charge on any atom is -0.478 e. The zero-order valence-electron chi connectivity index (χ0n) is 16.2. The number of hydrogen-bond donors (Lipinski definition) is 3. The molecule has 0 unspecified atom stereocenters. The summed E-state index contributed by atoms with van der Waals surface area (Å²) in [4.78, 5) is 49.1. The number of nitrogens with one attached hydrogen (secondary N) is 1. The Bertz CT molecular complexity index is 798. The fourth-order valence-electron chi connectivity index (χ4n) is 3.44. The van der Waals surface area contributed by atoms with Gasteiger partial charge in [0.15, 0.2) is 5.78 Å². The Balaban J connectivity index is 1.62. The lowest BCUT2D eigenvalue weighted by molar-refractivity contribution is -0.178. The minimum absolute atomic E-state index is 0.0174. The lowest BCUT2D eigenvalue weighted by Crippen LogP contribution is -2.73. The highest BCUT2D eigenvalue weighted by Gasteiger charge is 2.53. The number of benzene rings is 1. The van der Waals surface area contributed by atoms with Crippen LogP contribution in [-0.2, 0) is 30.3 Å². The molecule has 2 aliphatic rings. The number of likely N-dealkylation sites (tertiary alicyclic amines) is 1. The summed E-state index contributed by atoms with van der Waals surface area (Å²) in [6, 6.07) is 7.94. The maximum atomic E-state index is 12.4. The molecule has 2 heterocycles. The molecule has 4 atom stereocenters. The first-order valence-electron chi connectivity index (χ1n) is 9.70. The van der Waals surface area contributed by atoms with Crippen molar-refractivity contribution in [1.29, 1.82) is 0 Å². The number of β-lactam (4-membered cyclic amide) rings is 1. The molecule has 0 bridgehead atoms. The molecular formula is C20H24N2O7S. The highest BCUT2D eigenvalue weighted by Crippen LogP contribution is 2.32. The maximum Gasteiger partial charge on any atom is 0.354 e. The Hall–Kier alpha value is -2.43. The van der Waals surface area contributed by atoms with E-state index in [1.165, 1.54) is 0 Å². The number of ketones is 1. The fraction of sp³-hybridized carbons (Fsp3) is 0.500. The summed E-state index contributed by atoms with van der Waals surface area (Å²) in [7, 11) is 0. The molecule has 0 radical (unpaired) electrons. The SMILES string of the molecule is O=C(Cc1ccccc1)N[C@@H]1C(=O)N([C@@H](O)C(=O)O)[C@@H]1SCC(=O)[C@H]1CCCCO1. The number of carbonyl (C=O) groups is 4. The number of Topliss-reactive ketones (excluding diaryl/α,β-unsaturated/α-hetero) is 1. The number of hydrogen-bond acceptors (Lipinski definition) is 7. The molecule has 2 aliphatic heterocycles. The Morgan fingerprint density at radius 2 is 1.97 bits per heavy atom. The number of aliphatic hydroxyl groups is 1. The Morgan fingerprint density at radius 3 is 2.60 bits per heavy atom. The lowest BCUT2D eigenvalue weighted by atomic mass is 10.1. The van der Waals surface area contributed by atoms with Gasteiger partial charge in [0.1, 0.15) is 17.5 Å². The van der Waals surface area contributed by atoms with Gasteiger partial charge in [0.2, 0.25) is 12.1 Å². The van der Waals surface area contributed by atoms with Crippen molar-refractivity contribution < 1.29 is 34.1 Å². The van der Waals surface area contributed by atoms with Crippen LogP contribution in [0.1, 0.15) is 24.8 Å². The predicted octanol–water partition coefficient (Wildman–Crippen LogP) is 0.157. The second-order valence-corrected chi connectivity index (χ2v) is 8.29. The molecule has 10 heteroatoms. The van der Waals surface area contributed by atoms with E-state index < -0.39 is 41.5 Å². The third kappa shape index (κ3) is 5.18. The van der Waals surface area contributed by atoms with Crippen molar-refractivity contribution in [3.05, 3.63) is 35.9 Å². The second kappa shape index (κ2) is 10.1. The molecule has 0 aliphatic carbocycles. The van der Waals surface area contributed by atoms with Crippen molar-refractivity contribution in [1.82, 2.24) is 10.2 Å². The predicted molar refractivity (Wildman–Crippen MR) is 107 cm³/mol. The smallest absolute Gasteiger partial charge is 0.354 e. The van der Waals surface area contributed by atoms with Gasteiger partial charge < -0.3 is 20.3 Å². The lowest BCUT2D eigenvalue weighted by Gasteiger charge is -2.47.